The zero-order chi connectivity index (χ0) is 33.6. The van der Waals surface area contributed by atoms with Crippen LogP contribution in [0, 0.1) is 16.4 Å². The van der Waals surface area contributed by atoms with Crippen molar-refractivity contribution in [3.05, 3.63) is 79.5 Å². The molecule has 4 aromatic rings. The highest BCUT2D eigenvalue weighted by molar-refractivity contribution is 14.1. The standard InChI is InChI=1S/C27H21ClF7IN8O2/c1-13-7-15(36)8-17(23(45)38-10-14-4-5-14)21(13)39-24(46)19-9-16(41-44(19)22-18(28)3-2-6-37-22)11-43-12-20(40-42-43)25(29,30)26(31,32)27(33,34)35/h2-3,6-9,12,14H,4-5,10-11H2,1H3,(H,38,45)(H,39,46). The number of alkyl halides is 7. The summed E-state index contributed by atoms with van der Waals surface area (Å²) in [5, 5.41) is 15.9. The van der Waals surface area contributed by atoms with Crippen molar-refractivity contribution in [3.63, 3.8) is 0 Å². The average molecular weight is 785 g/mol. The number of aryl methyl sites for hydroxylation is 1. The van der Waals surface area contributed by atoms with Crippen molar-refractivity contribution < 1.29 is 40.3 Å². The Kier molecular flexibility index (Phi) is 9.06. The minimum absolute atomic E-state index is 0.0297. The Hall–Kier alpha value is -3.81. The first kappa shape index (κ1) is 33.6. The summed E-state index contributed by atoms with van der Waals surface area (Å²) in [5.74, 6) is -13.0. The molecule has 0 atom stereocenters. The average Bonchev–Trinajstić information content (AvgIpc) is 3.52. The molecular weight excluding hydrogens is 764 g/mol. The summed E-state index contributed by atoms with van der Waals surface area (Å²) < 4.78 is 95.6. The van der Waals surface area contributed by atoms with Gasteiger partial charge in [-0.25, -0.2) is 14.3 Å². The number of anilines is 1. The molecular formula is C27H21ClF7IN8O2. The van der Waals surface area contributed by atoms with Crippen LogP contribution in [0.4, 0.5) is 36.4 Å². The van der Waals surface area contributed by atoms with Crippen LogP contribution in [0.15, 0.2) is 42.7 Å². The number of carbonyl (C=O) groups excluding carboxylic acids is 2. The van der Waals surface area contributed by atoms with Crippen molar-refractivity contribution in [1.82, 2.24) is 35.1 Å². The van der Waals surface area contributed by atoms with Crippen LogP contribution in [0.1, 0.15) is 50.6 Å². The maximum Gasteiger partial charge on any atom is 0.460 e. The lowest BCUT2D eigenvalue weighted by molar-refractivity contribution is -0.360. The Morgan fingerprint density at radius 1 is 1.09 bits per heavy atom. The van der Waals surface area contributed by atoms with Gasteiger partial charge in [0.1, 0.15) is 5.69 Å². The Morgan fingerprint density at radius 2 is 1.80 bits per heavy atom. The highest BCUT2D eigenvalue weighted by atomic mass is 127. The number of halogens is 9. The number of carbonyl (C=O) groups is 2. The fraction of sp³-hybridized carbons (Fsp3) is 0.333. The molecule has 1 fully saturated rings. The van der Waals surface area contributed by atoms with Crippen molar-refractivity contribution >= 4 is 51.7 Å². The van der Waals surface area contributed by atoms with E-state index in [4.69, 9.17) is 11.6 Å². The predicted molar refractivity (Wildman–Crippen MR) is 157 cm³/mol. The number of benzene rings is 1. The Balaban J connectivity index is 1.48. The molecule has 10 nitrogen and oxygen atoms in total. The second-order valence-electron chi connectivity index (χ2n) is 10.4. The molecule has 0 aliphatic heterocycles. The summed E-state index contributed by atoms with van der Waals surface area (Å²) in [6.07, 6.45) is -2.97. The van der Waals surface area contributed by atoms with Crippen LogP contribution in [0.2, 0.25) is 5.02 Å². The number of nitrogens with one attached hydrogen (secondary N) is 2. The van der Waals surface area contributed by atoms with E-state index < -0.39 is 42.1 Å². The Morgan fingerprint density at radius 3 is 2.46 bits per heavy atom. The number of amides is 2. The van der Waals surface area contributed by atoms with Crippen molar-refractivity contribution in [1.29, 1.82) is 0 Å². The summed E-state index contributed by atoms with van der Waals surface area (Å²) in [6.45, 7) is 1.58. The Bertz CT molecular complexity index is 1810. The molecule has 2 amide bonds. The highest BCUT2D eigenvalue weighted by Gasteiger charge is 2.74. The fourth-order valence-electron chi connectivity index (χ4n) is 4.31. The molecule has 2 N–H and O–H groups in total. The van der Waals surface area contributed by atoms with Gasteiger partial charge in [0.05, 0.1) is 34.7 Å². The smallest absolute Gasteiger partial charge is 0.352 e. The molecule has 0 saturated heterocycles. The monoisotopic (exact) mass is 784 g/mol. The molecule has 1 saturated carbocycles. The second kappa shape index (κ2) is 12.4. The van der Waals surface area contributed by atoms with Gasteiger partial charge in [-0.1, -0.05) is 16.8 Å². The Labute approximate surface area is 273 Å². The maximum atomic E-state index is 14.2. The number of rotatable bonds is 10. The molecule has 1 aromatic carbocycles. The van der Waals surface area contributed by atoms with E-state index >= 15 is 0 Å². The molecule has 46 heavy (non-hydrogen) atoms. The lowest BCUT2D eigenvalue weighted by Gasteiger charge is -2.26. The van der Waals surface area contributed by atoms with Gasteiger partial charge < -0.3 is 10.6 Å². The van der Waals surface area contributed by atoms with Crippen LogP contribution in [0.25, 0.3) is 5.82 Å². The van der Waals surface area contributed by atoms with Crippen LogP contribution in [-0.4, -0.2) is 60.2 Å². The predicted octanol–water partition coefficient (Wildman–Crippen LogP) is 6.16. The van der Waals surface area contributed by atoms with Crippen molar-refractivity contribution in [2.45, 2.75) is 44.3 Å². The molecule has 0 unspecified atom stereocenters. The van der Waals surface area contributed by atoms with E-state index in [9.17, 15) is 40.3 Å². The third-order valence-corrected chi connectivity index (χ3v) is 7.82. The normalized spacial score (nSPS) is 14.0. The van der Waals surface area contributed by atoms with E-state index in [1.165, 1.54) is 24.4 Å². The first-order chi connectivity index (χ1) is 21.5. The van der Waals surface area contributed by atoms with Gasteiger partial charge in [-0.3, -0.25) is 9.59 Å². The maximum absolute atomic E-state index is 14.2. The fourth-order valence-corrected chi connectivity index (χ4v) is 5.29. The highest BCUT2D eigenvalue weighted by Crippen LogP contribution is 2.51. The lowest BCUT2D eigenvalue weighted by Crippen LogP contribution is -2.50. The molecule has 3 heterocycles. The van der Waals surface area contributed by atoms with Crippen LogP contribution in [-0.2, 0) is 12.5 Å². The van der Waals surface area contributed by atoms with Gasteiger partial charge >= 0.3 is 18.0 Å². The zero-order valence-electron chi connectivity index (χ0n) is 23.3. The quantitative estimate of drug-likeness (QED) is 0.147. The van der Waals surface area contributed by atoms with Gasteiger partial charge in [0.15, 0.2) is 11.5 Å². The van der Waals surface area contributed by atoms with Crippen molar-refractivity contribution in [2.24, 2.45) is 5.92 Å². The minimum Gasteiger partial charge on any atom is -0.352 e. The van der Waals surface area contributed by atoms with E-state index in [-0.39, 0.29) is 39.7 Å². The third-order valence-electron chi connectivity index (χ3n) is 6.90. The SMILES string of the molecule is Cc1cc(I)cc(C(=O)NCC2CC2)c1NC(=O)c1cc(Cn2cc(C(F)(F)C(F)(F)C(F)(F)F)nn2)nn1-c1ncccc1Cl. The number of hydrogen-bond donors (Lipinski definition) is 2. The molecule has 1 aliphatic rings. The van der Waals surface area contributed by atoms with Crippen LogP contribution in [0.3, 0.4) is 0 Å². The second-order valence-corrected chi connectivity index (χ2v) is 12.1. The molecule has 0 bridgehead atoms. The van der Waals surface area contributed by atoms with E-state index in [1.54, 1.807) is 19.1 Å². The van der Waals surface area contributed by atoms with Gasteiger partial charge in [-0.15, -0.1) is 5.10 Å². The first-order valence-corrected chi connectivity index (χ1v) is 14.8. The minimum atomic E-state index is -6.56. The molecule has 244 valence electrons. The van der Waals surface area contributed by atoms with Crippen LogP contribution >= 0.6 is 34.2 Å². The molecule has 0 radical (unpaired) electrons. The van der Waals surface area contributed by atoms with Gasteiger partial charge in [0.25, 0.3) is 11.8 Å². The number of nitrogens with zero attached hydrogens (tertiary/aromatic N) is 6. The van der Waals surface area contributed by atoms with Gasteiger partial charge in [-0.2, -0.15) is 35.8 Å². The molecule has 3 aromatic heterocycles. The number of pyridine rings is 1. The third kappa shape index (κ3) is 6.67. The van der Waals surface area contributed by atoms with Gasteiger partial charge in [0.2, 0.25) is 0 Å². The topological polar surface area (TPSA) is 120 Å². The summed E-state index contributed by atoms with van der Waals surface area (Å²) >= 11 is 8.33. The summed E-state index contributed by atoms with van der Waals surface area (Å²) in [5.41, 5.74) is -1.25. The van der Waals surface area contributed by atoms with Crippen molar-refractivity contribution in [2.75, 3.05) is 11.9 Å². The molecule has 1 aliphatic carbocycles. The van der Waals surface area contributed by atoms with E-state index in [0.717, 1.165) is 21.1 Å². The van der Waals surface area contributed by atoms with E-state index in [0.29, 0.717) is 22.7 Å². The van der Waals surface area contributed by atoms with Crippen molar-refractivity contribution in [3.8, 4) is 5.82 Å². The molecule has 19 heteroatoms. The van der Waals surface area contributed by atoms with Crippen LogP contribution in [0.5, 0.6) is 0 Å². The lowest BCUT2D eigenvalue weighted by atomic mass is 10.1. The molecule has 0 spiro atoms. The first-order valence-electron chi connectivity index (χ1n) is 13.3. The van der Waals surface area contributed by atoms with Gasteiger partial charge in [-0.05, 0) is 84.2 Å². The van der Waals surface area contributed by atoms with E-state index in [1.807, 2.05) is 22.6 Å². The summed E-state index contributed by atoms with van der Waals surface area (Å²) in [4.78, 5) is 30.9. The van der Waals surface area contributed by atoms with E-state index in [2.05, 4.69) is 31.0 Å². The largest absolute Gasteiger partial charge is 0.460 e. The number of aromatic nitrogens is 6. The van der Waals surface area contributed by atoms with Gasteiger partial charge in [0, 0.05) is 16.3 Å². The summed E-state index contributed by atoms with van der Waals surface area (Å²) in [6, 6.07) is 7.48. The number of hydrogen-bond acceptors (Lipinski definition) is 6. The zero-order valence-corrected chi connectivity index (χ0v) is 26.3. The molecule has 5 rings (SSSR count). The van der Waals surface area contributed by atoms with Crippen LogP contribution < -0.4 is 10.6 Å². The summed E-state index contributed by atoms with van der Waals surface area (Å²) in [7, 11) is 0.